The van der Waals surface area contributed by atoms with E-state index in [9.17, 15) is 0 Å². The Morgan fingerprint density at radius 3 is 2.54 bits per heavy atom. The van der Waals surface area contributed by atoms with Gasteiger partial charge in [0.2, 0.25) is 0 Å². The van der Waals surface area contributed by atoms with E-state index in [1.165, 1.54) is 5.56 Å². The molecule has 0 radical (unpaired) electrons. The molecule has 4 aromatic rings. The van der Waals surface area contributed by atoms with Gasteiger partial charge in [-0.1, -0.05) is 60.7 Å². The van der Waals surface area contributed by atoms with E-state index in [0.717, 1.165) is 34.9 Å². The van der Waals surface area contributed by atoms with Gasteiger partial charge in [0.1, 0.15) is 0 Å². The Labute approximate surface area is 145 Å². The lowest BCUT2D eigenvalue weighted by atomic mass is 10.1. The van der Waals surface area contributed by atoms with Crippen LogP contribution in [0.15, 0.2) is 77.2 Å². The number of rotatable bonds is 5. The molecule has 0 unspecified atom stereocenters. The number of nitrogens with zero attached hydrogens (tertiary/aromatic N) is 3. The quantitative estimate of drug-likeness (QED) is 0.486. The average Bonchev–Trinajstić information content (AvgIpc) is 3.22. The van der Waals surface area contributed by atoms with E-state index in [2.05, 4.69) is 57.4 Å². The molecule has 4 heteroatoms. The van der Waals surface area contributed by atoms with Crippen LogP contribution in [0.3, 0.4) is 0 Å². The maximum absolute atomic E-state index is 4.77. The maximum Gasteiger partial charge on any atom is 0.194 e. The zero-order valence-corrected chi connectivity index (χ0v) is 14.0. The number of hydrogen-bond acceptors (Lipinski definition) is 3. The second kappa shape index (κ2) is 6.81. The summed E-state index contributed by atoms with van der Waals surface area (Å²) in [6.07, 6.45) is 4.96. The number of thiazole rings is 1. The van der Waals surface area contributed by atoms with Gasteiger partial charge in [-0.05, 0) is 12.0 Å². The highest BCUT2D eigenvalue weighted by Gasteiger charge is 2.12. The summed E-state index contributed by atoms with van der Waals surface area (Å²) in [6.45, 7) is 0.773. The third kappa shape index (κ3) is 3.01. The highest BCUT2D eigenvalue weighted by Crippen LogP contribution is 2.25. The minimum absolute atomic E-state index is 0.773. The SMILES string of the molecule is C(=N\CCc1ccccc1)/c1c(-c2ccccc2)nc2sccn12. The monoisotopic (exact) mass is 331 g/mol. The number of aromatic nitrogens is 2. The number of fused-ring (bicyclic) bond motifs is 1. The molecule has 0 saturated heterocycles. The Morgan fingerprint density at radius 2 is 1.75 bits per heavy atom. The van der Waals surface area contributed by atoms with Gasteiger partial charge in [0.05, 0.1) is 11.4 Å². The summed E-state index contributed by atoms with van der Waals surface area (Å²) in [6, 6.07) is 20.7. The van der Waals surface area contributed by atoms with E-state index >= 15 is 0 Å². The predicted octanol–water partition coefficient (Wildman–Crippen LogP) is 4.72. The van der Waals surface area contributed by atoms with E-state index in [0.29, 0.717) is 0 Å². The van der Waals surface area contributed by atoms with Crippen LogP contribution in [0.4, 0.5) is 0 Å². The highest BCUT2D eigenvalue weighted by atomic mass is 32.1. The van der Waals surface area contributed by atoms with Crippen LogP contribution in [0, 0.1) is 0 Å². The molecule has 3 nitrogen and oxygen atoms in total. The second-order valence-electron chi connectivity index (χ2n) is 5.54. The van der Waals surface area contributed by atoms with Crippen LogP contribution in [-0.4, -0.2) is 22.1 Å². The summed E-state index contributed by atoms with van der Waals surface area (Å²) in [7, 11) is 0. The van der Waals surface area contributed by atoms with Crippen molar-refractivity contribution < 1.29 is 0 Å². The van der Waals surface area contributed by atoms with Crippen LogP contribution in [-0.2, 0) is 6.42 Å². The third-order valence-corrected chi connectivity index (χ3v) is 4.69. The van der Waals surface area contributed by atoms with Gasteiger partial charge in [0.25, 0.3) is 0 Å². The molecule has 2 aromatic heterocycles. The Bertz CT molecular complexity index is 952. The second-order valence-corrected chi connectivity index (χ2v) is 6.41. The summed E-state index contributed by atoms with van der Waals surface area (Å²) in [5, 5.41) is 2.05. The molecule has 0 fully saturated rings. The molecule has 4 rings (SSSR count). The van der Waals surface area contributed by atoms with Crippen molar-refractivity contribution in [2.45, 2.75) is 6.42 Å². The zero-order chi connectivity index (χ0) is 16.2. The van der Waals surface area contributed by atoms with Gasteiger partial charge in [0, 0.05) is 29.9 Å². The molecule has 0 aliphatic carbocycles. The number of imidazole rings is 1. The lowest BCUT2D eigenvalue weighted by Gasteiger charge is -2.00. The molecule has 2 aromatic carbocycles. The van der Waals surface area contributed by atoms with Gasteiger partial charge in [-0.15, -0.1) is 11.3 Å². The standard InChI is InChI=1S/C20H17N3S/c1-3-7-16(8-4-1)11-12-21-15-18-19(17-9-5-2-6-10-17)22-20-23(18)13-14-24-20/h1-10,13-15H,11-12H2/b21-15+. The molecule has 118 valence electrons. The lowest BCUT2D eigenvalue weighted by molar-refractivity contribution is 0.972. The Kier molecular flexibility index (Phi) is 4.21. The Balaban J connectivity index is 1.61. The molecule has 0 amide bonds. The number of benzene rings is 2. The number of hydrogen-bond donors (Lipinski definition) is 0. The first-order valence-electron chi connectivity index (χ1n) is 7.96. The molecule has 0 aliphatic heterocycles. The summed E-state index contributed by atoms with van der Waals surface area (Å²) >= 11 is 1.64. The summed E-state index contributed by atoms with van der Waals surface area (Å²) in [5.74, 6) is 0. The van der Waals surface area contributed by atoms with Gasteiger partial charge in [-0.25, -0.2) is 4.98 Å². The van der Waals surface area contributed by atoms with Crippen LogP contribution in [0.5, 0.6) is 0 Å². The molecular weight excluding hydrogens is 314 g/mol. The molecule has 0 saturated carbocycles. The van der Waals surface area contributed by atoms with Crippen molar-refractivity contribution in [1.82, 2.24) is 9.38 Å². The molecule has 0 atom stereocenters. The van der Waals surface area contributed by atoms with Crippen molar-refractivity contribution in [2.75, 3.05) is 6.54 Å². The van der Waals surface area contributed by atoms with E-state index in [1.807, 2.05) is 30.5 Å². The first-order chi connectivity index (χ1) is 11.9. The summed E-state index contributed by atoms with van der Waals surface area (Å²) in [5.41, 5.74) is 4.47. The van der Waals surface area contributed by atoms with E-state index < -0.39 is 0 Å². The lowest BCUT2D eigenvalue weighted by Crippen LogP contribution is -1.94. The van der Waals surface area contributed by atoms with Crippen molar-refractivity contribution >= 4 is 22.5 Å². The maximum atomic E-state index is 4.77. The van der Waals surface area contributed by atoms with Gasteiger partial charge in [0.15, 0.2) is 4.96 Å². The van der Waals surface area contributed by atoms with Crippen LogP contribution in [0.1, 0.15) is 11.3 Å². The largest absolute Gasteiger partial charge is 0.291 e. The average molecular weight is 331 g/mol. The van der Waals surface area contributed by atoms with Gasteiger partial charge >= 0.3 is 0 Å². The Morgan fingerprint density at radius 1 is 1.00 bits per heavy atom. The van der Waals surface area contributed by atoms with Gasteiger partial charge in [-0.3, -0.25) is 9.39 Å². The Hall–Kier alpha value is -2.72. The molecule has 24 heavy (non-hydrogen) atoms. The third-order valence-electron chi connectivity index (χ3n) is 3.93. The van der Waals surface area contributed by atoms with E-state index in [1.54, 1.807) is 11.3 Å². The number of aliphatic imine (C=N–C) groups is 1. The normalized spacial score (nSPS) is 11.5. The van der Waals surface area contributed by atoms with E-state index in [-0.39, 0.29) is 0 Å². The van der Waals surface area contributed by atoms with Crippen LogP contribution < -0.4 is 0 Å². The fourth-order valence-corrected chi connectivity index (χ4v) is 3.45. The van der Waals surface area contributed by atoms with Crippen LogP contribution in [0.2, 0.25) is 0 Å². The minimum Gasteiger partial charge on any atom is -0.291 e. The van der Waals surface area contributed by atoms with Crippen molar-refractivity contribution in [3.05, 3.63) is 83.5 Å². The van der Waals surface area contributed by atoms with Crippen LogP contribution in [0.25, 0.3) is 16.2 Å². The molecule has 0 aliphatic rings. The van der Waals surface area contributed by atoms with Gasteiger partial charge in [-0.2, -0.15) is 0 Å². The van der Waals surface area contributed by atoms with Crippen LogP contribution >= 0.6 is 11.3 Å². The summed E-state index contributed by atoms with van der Waals surface area (Å²) in [4.78, 5) is 10.4. The smallest absolute Gasteiger partial charge is 0.194 e. The van der Waals surface area contributed by atoms with Crippen molar-refractivity contribution in [1.29, 1.82) is 0 Å². The fraction of sp³-hybridized carbons (Fsp3) is 0.100. The topological polar surface area (TPSA) is 29.7 Å². The highest BCUT2D eigenvalue weighted by molar-refractivity contribution is 7.15. The summed E-state index contributed by atoms with van der Waals surface area (Å²) < 4.78 is 2.11. The zero-order valence-electron chi connectivity index (χ0n) is 13.2. The van der Waals surface area contributed by atoms with E-state index in [4.69, 9.17) is 4.98 Å². The predicted molar refractivity (Wildman–Crippen MR) is 101 cm³/mol. The first-order valence-corrected chi connectivity index (χ1v) is 8.84. The molecule has 0 bridgehead atoms. The first kappa shape index (κ1) is 14.8. The minimum atomic E-state index is 0.773. The molecule has 0 spiro atoms. The van der Waals surface area contributed by atoms with Crippen molar-refractivity contribution in [3.8, 4) is 11.3 Å². The fourth-order valence-electron chi connectivity index (χ4n) is 2.72. The molecular formula is C20H17N3S. The molecule has 2 heterocycles. The van der Waals surface area contributed by atoms with Crippen molar-refractivity contribution in [3.63, 3.8) is 0 Å². The molecule has 0 N–H and O–H groups in total. The van der Waals surface area contributed by atoms with Crippen molar-refractivity contribution in [2.24, 2.45) is 4.99 Å². The van der Waals surface area contributed by atoms with Gasteiger partial charge < -0.3 is 0 Å².